The molecule has 0 fully saturated rings. The van der Waals surface area contributed by atoms with Crippen LogP contribution >= 0.6 is 8.20 Å². The summed E-state index contributed by atoms with van der Waals surface area (Å²) in [6.45, 7) is 4.29. The second-order valence-corrected chi connectivity index (χ2v) is 3.17. The molecule has 1 aliphatic rings. The van der Waals surface area contributed by atoms with E-state index < -0.39 is 0 Å². The van der Waals surface area contributed by atoms with Gasteiger partial charge in [0.05, 0.1) is 0 Å². The van der Waals surface area contributed by atoms with Gasteiger partial charge in [0.1, 0.15) is 0 Å². The molecule has 0 atom stereocenters. The van der Waals surface area contributed by atoms with Crippen LogP contribution in [0.25, 0.3) is 0 Å². The molecule has 0 unspecified atom stereocenters. The summed E-state index contributed by atoms with van der Waals surface area (Å²) in [6.07, 6.45) is 2.21. The van der Waals surface area contributed by atoms with Crippen LogP contribution in [0.2, 0.25) is 0 Å². The van der Waals surface area contributed by atoms with Gasteiger partial charge in [-0.25, -0.2) is 0 Å². The molecule has 0 aromatic carbocycles. The van der Waals surface area contributed by atoms with Crippen LogP contribution in [0, 0.1) is 0 Å². The summed E-state index contributed by atoms with van der Waals surface area (Å²) in [6, 6.07) is 0. The van der Waals surface area contributed by atoms with Crippen LogP contribution in [0.4, 0.5) is 0 Å². The minimum atomic E-state index is 1.45. The molecule has 1 heterocycles. The summed E-state index contributed by atoms with van der Waals surface area (Å²) in [5.41, 5.74) is 0. The van der Waals surface area contributed by atoms with E-state index in [0.717, 1.165) is 0 Å². The van der Waals surface area contributed by atoms with E-state index in [1.165, 1.54) is 18.8 Å². The Morgan fingerprint density at radius 3 is 2.00 bits per heavy atom. The largest absolute Gasteiger partial charge is 0.0699 e. The van der Waals surface area contributed by atoms with E-state index in [1.54, 1.807) is 0 Å². The van der Waals surface area contributed by atoms with Gasteiger partial charge in [-0.05, 0) is 30.5 Å². The highest BCUT2D eigenvalue weighted by Crippen LogP contribution is 2.23. The van der Waals surface area contributed by atoms with Gasteiger partial charge in [-0.2, -0.15) is 0 Å². The first kappa shape index (κ1) is 4.08. The third-order valence-corrected chi connectivity index (χ3v) is 1.73. The van der Waals surface area contributed by atoms with E-state index in [1.807, 2.05) is 0 Å². The van der Waals surface area contributed by atoms with Crippen molar-refractivity contribution in [1.82, 2.24) is 0 Å². The summed E-state index contributed by atoms with van der Waals surface area (Å²) in [4.78, 5) is 0. The zero-order chi connectivity index (χ0) is 4.57. The molecule has 0 saturated carbocycles. The molecule has 6 heavy (non-hydrogen) atoms. The molecule has 0 spiro atoms. The van der Waals surface area contributed by atoms with Crippen molar-refractivity contribution in [3.63, 3.8) is 0 Å². The zero-order valence-corrected chi connectivity index (χ0v) is 4.92. The van der Waals surface area contributed by atoms with Gasteiger partial charge in [-0.1, -0.05) is 8.20 Å². The minimum absolute atomic E-state index is 1.45. The molecule has 0 amide bonds. The Hall–Kier alpha value is -0.0900. The SMILES string of the molecule is CC1=CC(C)=P1. The van der Waals surface area contributed by atoms with Gasteiger partial charge >= 0.3 is 0 Å². The molecule has 1 rings (SSSR count). The van der Waals surface area contributed by atoms with E-state index in [-0.39, 0.29) is 0 Å². The van der Waals surface area contributed by atoms with E-state index >= 15 is 0 Å². The Morgan fingerprint density at radius 1 is 1.50 bits per heavy atom. The molecule has 1 aliphatic heterocycles. The third kappa shape index (κ3) is 0.529. The van der Waals surface area contributed by atoms with Gasteiger partial charge in [-0.15, -0.1) is 0 Å². The number of hydrogen-bond donors (Lipinski definition) is 0. The molecular formula is C5H7P. The molecule has 0 aromatic rings. The first-order chi connectivity index (χ1) is 2.79. The summed E-state index contributed by atoms with van der Waals surface area (Å²) in [5.74, 6) is 0. The molecule has 0 aliphatic carbocycles. The molecule has 0 saturated heterocycles. The van der Waals surface area contributed by atoms with Crippen molar-refractivity contribution in [1.29, 1.82) is 0 Å². The summed E-state index contributed by atoms with van der Waals surface area (Å²) >= 11 is 0. The van der Waals surface area contributed by atoms with Crippen molar-refractivity contribution >= 4 is 13.5 Å². The highest BCUT2D eigenvalue weighted by molar-refractivity contribution is 7.48. The number of hydrogen-bond acceptors (Lipinski definition) is 0. The normalized spacial score (nSPS) is 21.0. The Balaban J connectivity index is 2.57. The van der Waals surface area contributed by atoms with Gasteiger partial charge in [0.15, 0.2) is 0 Å². The lowest BCUT2D eigenvalue weighted by Crippen LogP contribution is -1.86. The van der Waals surface area contributed by atoms with Crippen LogP contribution in [0.3, 0.4) is 0 Å². The standard InChI is InChI=1S/C5H7P/c1-4-3-5(2)6-4/h3H,1-2H3. The van der Waals surface area contributed by atoms with E-state index in [0.29, 0.717) is 0 Å². The Labute approximate surface area is 39.7 Å². The van der Waals surface area contributed by atoms with E-state index in [2.05, 4.69) is 19.9 Å². The average Bonchev–Trinajstić information content (AvgIpc) is 1.33. The van der Waals surface area contributed by atoms with Gasteiger partial charge in [0.25, 0.3) is 0 Å². The second kappa shape index (κ2) is 1.20. The van der Waals surface area contributed by atoms with Crippen molar-refractivity contribution in [2.45, 2.75) is 13.8 Å². The molecular weight excluding hydrogens is 91.0 g/mol. The zero-order valence-electron chi connectivity index (χ0n) is 4.02. The summed E-state index contributed by atoms with van der Waals surface area (Å²) in [7, 11) is 1.45. The van der Waals surface area contributed by atoms with Gasteiger partial charge < -0.3 is 0 Å². The quantitative estimate of drug-likeness (QED) is 0.407. The third-order valence-electron chi connectivity index (χ3n) is 0.770. The first-order valence-electron chi connectivity index (χ1n) is 2.02. The van der Waals surface area contributed by atoms with Crippen LogP contribution in [0.1, 0.15) is 13.8 Å². The van der Waals surface area contributed by atoms with E-state index in [9.17, 15) is 0 Å². The molecule has 0 bridgehead atoms. The monoisotopic (exact) mass is 98.0 g/mol. The van der Waals surface area contributed by atoms with Crippen LogP contribution in [-0.4, -0.2) is 5.29 Å². The van der Waals surface area contributed by atoms with Crippen LogP contribution in [-0.2, 0) is 0 Å². The van der Waals surface area contributed by atoms with Gasteiger partial charge in [0.2, 0.25) is 0 Å². The van der Waals surface area contributed by atoms with Crippen molar-refractivity contribution in [3.8, 4) is 0 Å². The van der Waals surface area contributed by atoms with Crippen molar-refractivity contribution in [2.24, 2.45) is 0 Å². The molecule has 0 nitrogen and oxygen atoms in total. The van der Waals surface area contributed by atoms with Crippen molar-refractivity contribution in [3.05, 3.63) is 11.4 Å². The maximum Gasteiger partial charge on any atom is -0.0229 e. The maximum atomic E-state index is 2.21. The number of rotatable bonds is 0. The highest BCUT2D eigenvalue weighted by atomic mass is 31.1. The molecule has 1 heteroatoms. The lowest BCUT2D eigenvalue weighted by molar-refractivity contribution is 1.67. The van der Waals surface area contributed by atoms with Crippen LogP contribution in [0.15, 0.2) is 11.4 Å². The topological polar surface area (TPSA) is 0 Å². The average molecular weight is 98.1 g/mol. The lowest BCUT2D eigenvalue weighted by atomic mass is 10.4. The van der Waals surface area contributed by atoms with Crippen LogP contribution < -0.4 is 0 Å². The Bertz CT molecular complexity index is 98.4. The van der Waals surface area contributed by atoms with Gasteiger partial charge in [0, 0.05) is 0 Å². The molecule has 0 aromatic heterocycles. The lowest BCUT2D eigenvalue weighted by Gasteiger charge is -2.01. The van der Waals surface area contributed by atoms with Crippen LogP contribution in [0.5, 0.6) is 0 Å². The van der Waals surface area contributed by atoms with Crippen molar-refractivity contribution < 1.29 is 0 Å². The fraction of sp³-hybridized carbons (Fsp3) is 0.400. The Kier molecular flexibility index (Phi) is 0.816. The minimum Gasteiger partial charge on any atom is -0.0699 e. The summed E-state index contributed by atoms with van der Waals surface area (Å²) < 4.78 is 0. The fourth-order valence-electron chi connectivity index (χ4n) is 0.579. The second-order valence-electron chi connectivity index (χ2n) is 1.54. The predicted octanol–water partition coefficient (Wildman–Crippen LogP) is 2.04. The summed E-state index contributed by atoms with van der Waals surface area (Å²) in [5, 5.41) is 2.99. The number of allylic oxidation sites excluding steroid dienone is 2. The van der Waals surface area contributed by atoms with E-state index in [4.69, 9.17) is 0 Å². The Morgan fingerprint density at radius 2 is 2.00 bits per heavy atom. The van der Waals surface area contributed by atoms with Crippen molar-refractivity contribution in [2.75, 3.05) is 0 Å². The molecule has 0 radical (unpaired) electrons. The molecule has 32 valence electrons. The highest BCUT2D eigenvalue weighted by Gasteiger charge is 1.94. The first-order valence-corrected chi connectivity index (χ1v) is 2.92. The van der Waals surface area contributed by atoms with Gasteiger partial charge in [-0.3, -0.25) is 0 Å². The molecule has 0 N–H and O–H groups in total. The smallest absolute Gasteiger partial charge is 0.0229 e. The maximum absolute atomic E-state index is 2.21. The predicted molar refractivity (Wildman–Crippen MR) is 31.4 cm³/mol. The fourth-order valence-corrected chi connectivity index (χ4v) is 1.45.